The number of nitrogens with one attached hydrogen (secondary N) is 2. The number of amidine groups is 1. The summed E-state index contributed by atoms with van der Waals surface area (Å²) in [5.41, 5.74) is 2.15. The van der Waals surface area contributed by atoms with Crippen molar-refractivity contribution in [3.05, 3.63) is 36.4 Å². The van der Waals surface area contributed by atoms with E-state index in [1.165, 1.54) is 32.1 Å². The number of aromatic nitrogens is 2. The Labute approximate surface area is 135 Å². The summed E-state index contributed by atoms with van der Waals surface area (Å²) in [4.78, 5) is 4.85. The highest BCUT2D eigenvalue weighted by Crippen LogP contribution is 2.23. The van der Waals surface area contributed by atoms with Gasteiger partial charge in [0.25, 0.3) is 0 Å². The van der Waals surface area contributed by atoms with E-state index in [0.717, 1.165) is 22.2 Å². The molecule has 0 radical (unpaired) electrons. The highest BCUT2D eigenvalue weighted by Gasteiger charge is 2.13. The van der Waals surface area contributed by atoms with Gasteiger partial charge in [0.05, 0.1) is 11.7 Å². The number of benzene rings is 1. The van der Waals surface area contributed by atoms with E-state index >= 15 is 0 Å². The van der Waals surface area contributed by atoms with Gasteiger partial charge in [-0.1, -0.05) is 61.4 Å². The predicted octanol–water partition coefficient (Wildman–Crippen LogP) is 4.54. The lowest BCUT2D eigenvalue weighted by molar-refractivity contribution is 0.444. The SMILES string of the molecule is CSC(=NC1CCCCC1)Nc1cc(-c2ccccc2)[nH]n1. The fraction of sp³-hybridized carbons (Fsp3) is 0.412. The first-order valence-electron chi connectivity index (χ1n) is 7.85. The van der Waals surface area contributed by atoms with Crippen molar-refractivity contribution in [2.75, 3.05) is 11.6 Å². The second-order valence-corrected chi connectivity index (χ2v) is 6.38. The second-order valence-electron chi connectivity index (χ2n) is 5.59. The van der Waals surface area contributed by atoms with Crippen molar-refractivity contribution in [2.45, 2.75) is 38.1 Å². The zero-order chi connectivity index (χ0) is 15.2. The Balaban J connectivity index is 1.69. The van der Waals surface area contributed by atoms with Crippen LogP contribution in [0, 0.1) is 0 Å². The summed E-state index contributed by atoms with van der Waals surface area (Å²) in [6.07, 6.45) is 8.43. The molecule has 22 heavy (non-hydrogen) atoms. The van der Waals surface area contributed by atoms with E-state index in [-0.39, 0.29) is 0 Å². The molecule has 0 aliphatic heterocycles. The van der Waals surface area contributed by atoms with Crippen LogP contribution >= 0.6 is 11.8 Å². The number of rotatable bonds is 3. The Bertz CT molecular complexity index is 615. The number of hydrogen-bond donors (Lipinski definition) is 2. The Hall–Kier alpha value is -1.75. The van der Waals surface area contributed by atoms with Crippen molar-refractivity contribution >= 4 is 22.7 Å². The number of aliphatic imine (C=N–C) groups is 1. The summed E-state index contributed by atoms with van der Waals surface area (Å²) in [5.74, 6) is 0.822. The van der Waals surface area contributed by atoms with E-state index in [4.69, 9.17) is 4.99 Å². The quantitative estimate of drug-likeness (QED) is 0.646. The zero-order valence-corrected chi connectivity index (χ0v) is 13.7. The minimum Gasteiger partial charge on any atom is -0.318 e. The van der Waals surface area contributed by atoms with Gasteiger partial charge in [0, 0.05) is 6.07 Å². The van der Waals surface area contributed by atoms with Crippen LogP contribution < -0.4 is 5.32 Å². The van der Waals surface area contributed by atoms with Gasteiger partial charge in [-0.25, -0.2) is 0 Å². The van der Waals surface area contributed by atoms with Crippen LogP contribution in [0.4, 0.5) is 5.82 Å². The lowest BCUT2D eigenvalue weighted by Gasteiger charge is -2.18. The molecule has 0 saturated heterocycles. The van der Waals surface area contributed by atoms with E-state index in [1.807, 2.05) is 24.3 Å². The third kappa shape index (κ3) is 3.91. The first kappa shape index (κ1) is 15.2. The molecule has 4 nitrogen and oxygen atoms in total. The summed E-state index contributed by atoms with van der Waals surface area (Å²) in [5, 5.41) is 11.7. The highest BCUT2D eigenvalue weighted by molar-refractivity contribution is 8.13. The largest absolute Gasteiger partial charge is 0.318 e. The molecule has 1 aromatic heterocycles. The molecule has 2 N–H and O–H groups in total. The van der Waals surface area contributed by atoms with Crippen LogP contribution in [-0.4, -0.2) is 27.7 Å². The molecular weight excluding hydrogens is 292 g/mol. The fourth-order valence-electron chi connectivity index (χ4n) is 2.77. The number of anilines is 1. The normalized spacial score (nSPS) is 16.7. The molecule has 0 spiro atoms. The molecule has 3 rings (SSSR count). The summed E-state index contributed by atoms with van der Waals surface area (Å²) in [6.45, 7) is 0. The standard InChI is InChI=1S/C17H22N4S/c1-22-17(18-14-10-6-3-7-11-14)19-16-12-15(20-21-16)13-8-4-2-5-9-13/h2,4-5,8-9,12,14H,3,6-7,10-11H2,1H3,(H2,18,19,20,21). The third-order valence-corrected chi connectivity index (χ3v) is 4.56. The summed E-state index contributed by atoms with van der Waals surface area (Å²) in [6, 6.07) is 12.7. The van der Waals surface area contributed by atoms with Gasteiger partial charge in [-0.2, -0.15) is 5.10 Å². The Kier molecular flexibility index (Phi) is 5.16. The molecule has 1 heterocycles. The molecule has 1 saturated carbocycles. The molecule has 0 amide bonds. The minimum absolute atomic E-state index is 0.469. The number of H-pyrrole nitrogens is 1. The lowest BCUT2D eigenvalue weighted by atomic mass is 9.96. The van der Waals surface area contributed by atoms with Gasteiger partial charge in [0.2, 0.25) is 0 Å². The number of aromatic amines is 1. The summed E-state index contributed by atoms with van der Waals surface area (Å²) < 4.78 is 0. The maximum absolute atomic E-state index is 4.85. The van der Waals surface area contributed by atoms with Crippen LogP contribution in [0.2, 0.25) is 0 Å². The van der Waals surface area contributed by atoms with Gasteiger partial charge in [-0.3, -0.25) is 10.1 Å². The molecular formula is C17H22N4S. The minimum atomic E-state index is 0.469. The van der Waals surface area contributed by atoms with Crippen LogP contribution in [-0.2, 0) is 0 Å². The average molecular weight is 314 g/mol. The van der Waals surface area contributed by atoms with Crippen LogP contribution in [0.25, 0.3) is 11.3 Å². The van der Waals surface area contributed by atoms with Crippen LogP contribution in [0.1, 0.15) is 32.1 Å². The number of nitrogens with zero attached hydrogens (tertiary/aromatic N) is 2. The number of thioether (sulfide) groups is 1. The van der Waals surface area contributed by atoms with Crippen molar-refractivity contribution < 1.29 is 0 Å². The van der Waals surface area contributed by atoms with Crippen LogP contribution in [0.3, 0.4) is 0 Å². The smallest absolute Gasteiger partial charge is 0.162 e. The molecule has 116 valence electrons. The average Bonchev–Trinajstić information content (AvgIpc) is 3.04. The van der Waals surface area contributed by atoms with E-state index < -0.39 is 0 Å². The van der Waals surface area contributed by atoms with Crippen molar-refractivity contribution in [3.8, 4) is 11.3 Å². The summed E-state index contributed by atoms with van der Waals surface area (Å²) in [7, 11) is 0. The van der Waals surface area contributed by atoms with Gasteiger partial charge >= 0.3 is 0 Å². The molecule has 1 aliphatic carbocycles. The third-order valence-electron chi connectivity index (χ3n) is 3.97. The molecule has 0 atom stereocenters. The molecule has 0 unspecified atom stereocenters. The van der Waals surface area contributed by atoms with Gasteiger partial charge in [-0.05, 0) is 24.7 Å². The predicted molar refractivity (Wildman–Crippen MR) is 95.5 cm³/mol. The van der Waals surface area contributed by atoms with Crippen molar-refractivity contribution in [3.63, 3.8) is 0 Å². The highest BCUT2D eigenvalue weighted by atomic mass is 32.2. The molecule has 0 bridgehead atoms. The monoisotopic (exact) mass is 314 g/mol. The van der Waals surface area contributed by atoms with Gasteiger partial charge in [0.15, 0.2) is 11.0 Å². The van der Waals surface area contributed by atoms with Gasteiger partial charge in [-0.15, -0.1) is 0 Å². The number of hydrogen-bond acceptors (Lipinski definition) is 3. The Morgan fingerprint density at radius 3 is 2.73 bits per heavy atom. The molecule has 2 aromatic rings. The second kappa shape index (κ2) is 7.49. The maximum Gasteiger partial charge on any atom is 0.162 e. The maximum atomic E-state index is 4.85. The van der Waals surface area contributed by atoms with Gasteiger partial charge in [0.1, 0.15) is 0 Å². The van der Waals surface area contributed by atoms with Gasteiger partial charge < -0.3 is 5.32 Å². The zero-order valence-electron chi connectivity index (χ0n) is 12.9. The first-order valence-corrected chi connectivity index (χ1v) is 9.07. The van der Waals surface area contributed by atoms with E-state index in [9.17, 15) is 0 Å². The fourth-order valence-corrected chi connectivity index (χ4v) is 3.23. The lowest BCUT2D eigenvalue weighted by Crippen LogP contribution is -2.16. The van der Waals surface area contributed by atoms with E-state index in [2.05, 4.69) is 33.9 Å². The Morgan fingerprint density at radius 1 is 1.23 bits per heavy atom. The van der Waals surface area contributed by atoms with Crippen LogP contribution in [0.5, 0.6) is 0 Å². The van der Waals surface area contributed by atoms with E-state index in [1.54, 1.807) is 11.8 Å². The topological polar surface area (TPSA) is 53.1 Å². The van der Waals surface area contributed by atoms with Crippen molar-refractivity contribution in [1.82, 2.24) is 10.2 Å². The van der Waals surface area contributed by atoms with Crippen LogP contribution in [0.15, 0.2) is 41.4 Å². The molecule has 1 aliphatic rings. The summed E-state index contributed by atoms with van der Waals surface area (Å²) >= 11 is 1.65. The Morgan fingerprint density at radius 2 is 2.00 bits per heavy atom. The molecule has 5 heteroatoms. The van der Waals surface area contributed by atoms with Crippen molar-refractivity contribution in [2.24, 2.45) is 4.99 Å². The van der Waals surface area contributed by atoms with Crippen molar-refractivity contribution in [1.29, 1.82) is 0 Å². The molecule has 1 fully saturated rings. The molecule has 1 aromatic carbocycles. The first-order chi connectivity index (χ1) is 10.8. The van der Waals surface area contributed by atoms with E-state index in [0.29, 0.717) is 6.04 Å².